The molecule has 0 spiro atoms. The fraction of sp³-hybridized carbons (Fsp3) is 0.176. The molecular formula is C17H11F4N3O4S. The third kappa shape index (κ3) is 4.49. The molecule has 0 atom stereocenters. The van der Waals surface area contributed by atoms with Gasteiger partial charge in [0.15, 0.2) is 0 Å². The zero-order valence-electron chi connectivity index (χ0n) is 14.6. The number of alkyl halides is 3. The molecule has 0 aliphatic carbocycles. The van der Waals surface area contributed by atoms with E-state index in [1.807, 2.05) is 0 Å². The second-order valence-electron chi connectivity index (χ2n) is 5.56. The molecule has 1 amide bonds. The number of carbonyl (C=O) groups is 2. The minimum Gasteiger partial charge on any atom is -0.329 e. The summed E-state index contributed by atoms with van der Waals surface area (Å²) in [6.45, 7) is -0.404. The average molecular weight is 429 g/mol. The highest BCUT2D eigenvalue weighted by Crippen LogP contribution is 2.29. The number of Topliss-reactive ketones (excluding diaryl/α,β-unsaturated/α-hetero) is 1. The molecule has 0 N–H and O–H groups in total. The number of rotatable bonds is 6. The Kier molecular flexibility index (Phi) is 5.75. The maximum absolute atomic E-state index is 14.4. The first-order chi connectivity index (χ1) is 13.7. The lowest BCUT2D eigenvalue weighted by Gasteiger charge is -2.19. The summed E-state index contributed by atoms with van der Waals surface area (Å²) in [5, 5.41) is 5.48. The molecule has 3 rings (SSSR count). The van der Waals surface area contributed by atoms with E-state index in [1.165, 1.54) is 18.2 Å². The van der Waals surface area contributed by atoms with Crippen molar-refractivity contribution in [1.29, 1.82) is 0 Å². The molecule has 0 fully saturated rings. The zero-order valence-corrected chi connectivity index (χ0v) is 15.4. The molecular weight excluding hydrogens is 418 g/mol. The monoisotopic (exact) mass is 429 g/mol. The van der Waals surface area contributed by atoms with Crippen LogP contribution in [0, 0.1) is 5.82 Å². The average Bonchev–Trinajstić information content (AvgIpc) is 3.37. The first-order valence-electron chi connectivity index (χ1n) is 7.84. The normalized spacial score (nSPS) is 11.5. The summed E-state index contributed by atoms with van der Waals surface area (Å²) >= 11 is 1.07. The third-order valence-corrected chi connectivity index (χ3v) is 4.55. The van der Waals surface area contributed by atoms with E-state index in [2.05, 4.69) is 14.7 Å². The zero-order chi connectivity index (χ0) is 21.2. The third-order valence-electron chi connectivity index (χ3n) is 3.68. The first-order valence-corrected chi connectivity index (χ1v) is 8.72. The SMILES string of the molecule is CON(Cc1ccc(-c2noc(C(F)(F)F)n2)cc1F)C(=O)C(=O)c1cccs1. The number of benzene rings is 1. The van der Waals surface area contributed by atoms with Crippen LogP contribution < -0.4 is 0 Å². The van der Waals surface area contributed by atoms with E-state index in [1.54, 1.807) is 11.4 Å². The molecule has 0 aliphatic heterocycles. The highest BCUT2D eigenvalue weighted by molar-refractivity contribution is 7.12. The van der Waals surface area contributed by atoms with Gasteiger partial charge in [-0.15, -0.1) is 11.3 Å². The molecule has 0 saturated carbocycles. The number of amides is 1. The molecule has 12 heteroatoms. The lowest BCUT2D eigenvalue weighted by atomic mass is 10.1. The predicted molar refractivity (Wildman–Crippen MR) is 90.9 cm³/mol. The van der Waals surface area contributed by atoms with E-state index in [-0.39, 0.29) is 16.0 Å². The van der Waals surface area contributed by atoms with Crippen LogP contribution in [0.25, 0.3) is 11.4 Å². The standard InChI is InChI=1S/C17H11F4N3O4S/c1-27-24(15(26)13(25)12-3-2-6-29-12)8-10-5-4-9(7-11(10)18)14-22-16(28-23-14)17(19,20)21/h2-7H,8H2,1H3. The lowest BCUT2D eigenvalue weighted by Crippen LogP contribution is -2.35. The van der Waals surface area contributed by atoms with Gasteiger partial charge < -0.3 is 4.52 Å². The molecule has 0 bridgehead atoms. The summed E-state index contributed by atoms with van der Waals surface area (Å²) in [5.74, 6) is -4.67. The highest BCUT2D eigenvalue weighted by Gasteiger charge is 2.38. The van der Waals surface area contributed by atoms with Crippen molar-refractivity contribution >= 4 is 23.0 Å². The van der Waals surface area contributed by atoms with Crippen LogP contribution in [0.3, 0.4) is 0 Å². The first kappa shape index (κ1) is 20.6. The summed E-state index contributed by atoms with van der Waals surface area (Å²) in [6, 6.07) is 6.42. The Morgan fingerprint density at radius 1 is 1.28 bits per heavy atom. The lowest BCUT2D eigenvalue weighted by molar-refractivity contribution is -0.173. The Labute approximate surface area is 164 Å². The van der Waals surface area contributed by atoms with Crippen molar-refractivity contribution in [2.75, 3.05) is 7.11 Å². The number of thiophene rings is 1. The minimum atomic E-state index is -4.82. The summed E-state index contributed by atoms with van der Waals surface area (Å²) < 4.78 is 56.1. The van der Waals surface area contributed by atoms with Crippen LogP contribution in [0.15, 0.2) is 40.2 Å². The Bertz CT molecular complexity index is 1030. The molecule has 0 aliphatic rings. The topological polar surface area (TPSA) is 85.5 Å². The van der Waals surface area contributed by atoms with E-state index in [4.69, 9.17) is 4.84 Å². The van der Waals surface area contributed by atoms with Gasteiger partial charge >= 0.3 is 18.0 Å². The summed E-state index contributed by atoms with van der Waals surface area (Å²) in [6.07, 6.45) is -4.82. The molecule has 7 nitrogen and oxygen atoms in total. The number of carbonyl (C=O) groups excluding carboxylic acids is 2. The van der Waals surface area contributed by atoms with Crippen LogP contribution in [-0.4, -0.2) is 34.0 Å². The van der Waals surface area contributed by atoms with Crippen LogP contribution >= 0.6 is 11.3 Å². The van der Waals surface area contributed by atoms with Crippen LogP contribution in [0.4, 0.5) is 17.6 Å². The van der Waals surface area contributed by atoms with E-state index >= 15 is 0 Å². The van der Waals surface area contributed by atoms with E-state index in [9.17, 15) is 27.2 Å². The molecule has 1 aromatic carbocycles. The second-order valence-corrected chi connectivity index (χ2v) is 6.51. The van der Waals surface area contributed by atoms with Crippen molar-refractivity contribution in [2.45, 2.75) is 12.7 Å². The number of halogens is 4. The Hall–Kier alpha value is -3.12. The van der Waals surface area contributed by atoms with Gasteiger partial charge in [-0.3, -0.25) is 14.4 Å². The van der Waals surface area contributed by atoms with Gasteiger partial charge in [0.05, 0.1) is 18.5 Å². The quantitative estimate of drug-likeness (QED) is 0.257. The molecule has 2 aromatic heterocycles. The van der Waals surface area contributed by atoms with Crippen molar-refractivity contribution < 1.29 is 36.5 Å². The summed E-state index contributed by atoms with van der Waals surface area (Å²) in [4.78, 5) is 32.7. The van der Waals surface area contributed by atoms with Crippen molar-refractivity contribution in [2.24, 2.45) is 0 Å². The number of hydroxylamine groups is 2. The van der Waals surface area contributed by atoms with E-state index < -0.39 is 41.9 Å². The van der Waals surface area contributed by atoms with Crippen molar-refractivity contribution in [3.8, 4) is 11.4 Å². The number of hydrogen-bond donors (Lipinski definition) is 0. The van der Waals surface area contributed by atoms with Crippen molar-refractivity contribution in [1.82, 2.24) is 15.2 Å². The van der Waals surface area contributed by atoms with Gasteiger partial charge in [-0.25, -0.2) is 9.45 Å². The fourth-order valence-corrected chi connectivity index (χ4v) is 2.93. The van der Waals surface area contributed by atoms with Gasteiger partial charge in [0.2, 0.25) is 5.82 Å². The smallest absolute Gasteiger partial charge is 0.329 e. The Morgan fingerprint density at radius 2 is 2.03 bits per heavy atom. The number of aromatic nitrogens is 2. The van der Waals surface area contributed by atoms with E-state index in [0.29, 0.717) is 5.06 Å². The molecule has 3 aromatic rings. The van der Waals surface area contributed by atoms with Gasteiger partial charge in [0.25, 0.3) is 5.78 Å². The molecule has 152 valence electrons. The largest absolute Gasteiger partial charge is 0.471 e. The highest BCUT2D eigenvalue weighted by atomic mass is 32.1. The summed E-state index contributed by atoms with van der Waals surface area (Å²) in [7, 11) is 1.14. The predicted octanol–water partition coefficient (Wildman–Crippen LogP) is 3.73. The number of nitrogens with zero attached hydrogens (tertiary/aromatic N) is 3. The second kappa shape index (κ2) is 8.09. The molecule has 0 unspecified atom stereocenters. The van der Waals surface area contributed by atoms with Gasteiger partial charge in [-0.1, -0.05) is 23.4 Å². The van der Waals surface area contributed by atoms with Gasteiger partial charge in [-0.05, 0) is 17.5 Å². The molecule has 29 heavy (non-hydrogen) atoms. The van der Waals surface area contributed by atoms with Gasteiger partial charge in [0, 0.05) is 11.1 Å². The minimum absolute atomic E-state index is 0.0394. The van der Waals surface area contributed by atoms with Gasteiger partial charge in [0.1, 0.15) is 5.82 Å². The fourth-order valence-electron chi connectivity index (χ4n) is 2.27. The van der Waals surface area contributed by atoms with Crippen LogP contribution in [-0.2, 0) is 22.4 Å². The molecule has 0 radical (unpaired) electrons. The van der Waals surface area contributed by atoms with Crippen molar-refractivity contribution in [3.05, 3.63) is 57.9 Å². The van der Waals surface area contributed by atoms with E-state index in [0.717, 1.165) is 24.5 Å². The number of ketones is 1. The Balaban J connectivity index is 1.78. The molecule has 0 saturated heterocycles. The van der Waals surface area contributed by atoms with Crippen LogP contribution in [0.1, 0.15) is 21.1 Å². The maximum atomic E-state index is 14.4. The van der Waals surface area contributed by atoms with Gasteiger partial charge in [-0.2, -0.15) is 18.2 Å². The molecule has 2 heterocycles. The summed E-state index contributed by atoms with van der Waals surface area (Å²) in [5.41, 5.74) is -0.0991. The number of hydrogen-bond acceptors (Lipinski definition) is 7. The van der Waals surface area contributed by atoms with Crippen molar-refractivity contribution in [3.63, 3.8) is 0 Å². The van der Waals surface area contributed by atoms with Crippen LogP contribution in [0.5, 0.6) is 0 Å². The van der Waals surface area contributed by atoms with Crippen LogP contribution in [0.2, 0.25) is 0 Å². The maximum Gasteiger partial charge on any atom is 0.471 e. The Morgan fingerprint density at radius 3 is 2.59 bits per heavy atom.